The molecule has 8 nitrogen and oxygen atoms in total. The molecular weight excluding hydrogens is 336 g/mol. The molecule has 1 N–H and O–H groups in total. The Balaban J connectivity index is 1.50. The SMILES string of the molecule is CC(=O)N1CCC(OC(=O)N2CCNCC2COc2cccnc2)CC1. The van der Waals surface area contributed by atoms with Crippen molar-refractivity contribution in [2.45, 2.75) is 31.9 Å². The zero-order valence-corrected chi connectivity index (χ0v) is 15.1. The molecule has 2 fully saturated rings. The number of carbonyl (C=O) groups is 2. The third-order valence-corrected chi connectivity index (χ3v) is 4.82. The Hall–Kier alpha value is -2.35. The van der Waals surface area contributed by atoms with Crippen LogP contribution in [-0.2, 0) is 9.53 Å². The molecule has 0 spiro atoms. The van der Waals surface area contributed by atoms with E-state index in [9.17, 15) is 9.59 Å². The number of amides is 2. The smallest absolute Gasteiger partial charge is 0.410 e. The van der Waals surface area contributed by atoms with Gasteiger partial charge in [-0.15, -0.1) is 0 Å². The molecule has 1 aromatic heterocycles. The minimum atomic E-state index is -0.299. The minimum absolute atomic E-state index is 0.0736. The first-order valence-electron chi connectivity index (χ1n) is 9.10. The molecule has 0 saturated carbocycles. The fourth-order valence-corrected chi connectivity index (χ4v) is 3.27. The van der Waals surface area contributed by atoms with Crippen LogP contribution < -0.4 is 10.1 Å². The van der Waals surface area contributed by atoms with Crippen LogP contribution in [0.2, 0.25) is 0 Å². The van der Waals surface area contributed by atoms with E-state index in [-0.39, 0.29) is 24.1 Å². The molecule has 1 unspecified atom stereocenters. The molecule has 0 bridgehead atoms. The molecule has 1 aromatic rings. The fraction of sp³-hybridized carbons (Fsp3) is 0.611. The van der Waals surface area contributed by atoms with Gasteiger partial charge in [0.2, 0.25) is 5.91 Å². The summed E-state index contributed by atoms with van der Waals surface area (Å²) in [5, 5.41) is 3.29. The first-order valence-corrected chi connectivity index (χ1v) is 9.10. The van der Waals surface area contributed by atoms with Gasteiger partial charge in [0.05, 0.1) is 12.2 Å². The average molecular weight is 362 g/mol. The number of rotatable bonds is 4. The van der Waals surface area contributed by atoms with Crippen LogP contribution in [0.5, 0.6) is 5.75 Å². The van der Waals surface area contributed by atoms with Crippen molar-refractivity contribution in [3.05, 3.63) is 24.5 Å². The van der Waals surface area contributed by atoms with Gasteiger partial charge in [0.1, 0.15) is 18.5 Å². The second-order valence-electron chi connectivity index (χ2n) is 6.64. The van der Waals surface area contributed by atoms with Gasteiger partial charge < -0.3 is 19.7 Å². The number of aromatic nitrogens is 1. The molecule has 1 atom stereocenters. The summed E-state index contributed by atoms with van der Waals surface area (Å²) in [7, 11) is 0. The van der Waals surface area contributed by atoms with E-state index < -0.39 is 0 Å². The molecule has 2 saturated heterocycles. The lowest BCUT2D eigenvalue weighted by Gasteiger charge is -2.37. The van der Waals surface area contributed by atoms with Gasteiger partial charge >= 0.3 is 6.09 Å². The van der Waals surface area contributed by atoms with Gasteiger partial charge in [0.15, 0.2) is 0 Å². The molecule has 3 heterocycles. The minimum Gasteiger partial charge on any atom is -0.490 e. The molecule has 2 aliphatic rings. The predicted octanol–water partition coefficient (Wildman–Crippen LogP) is 0.882. The number of piperazine rings is 1. The highest BCUT2D eigenvalue weighted by Crippen LogP contribution is 2.17. The molecule has 0 aromatic carbocycles. The average Bonchev–Trinajstić information content (AvgIpc) is 2.68. The number of nitrogens with zero attached hydrogens (tertiary/aromatic N) is 3. The van der Waals surface area contributed by atoms with Gasteiger partial charge in [-0.05, 0) is 12.1 Å². The lowest BCUT2D eigenvalue weighted by molar-refractivity contribution is -0.130. The van der Waals surface area contributed by atoms with Crippen molar-refractivity contribution in [1.29, 1.82) is 0 Å². The van der Waals surface area contributed by atoms with Gasteiger partial charge in [0, 0.05) is 58.7 Å². The highest BCUT2D eigenvalue weighted by molar-refractivity contribution is 5.73. The van der Waals surface area contributed by atoms with Crippen LogP contribution >= 0.6 is 0 Å². The first-order chi connectivity index (χ1) is 12.6. The van der Waals surface area contributed by atoms with Gasteiger partial charge in [0.25, 0.3) is 0 Å². The van der Waals surface area contributed by atoms with E-state index in [1.54, 1.807) is 29.1 Å². The van der Waals surface area contributed by atoms with Crippen molar-refractivity contribution in [3.8, 4) is 5.75 Å². The van der Waals surface area contributed by atoms with Crippen LogP contribution in [0, 0.1) is 0 Å². The van der Waals surface area contributed by atoms with E-state index in [4.69, 9.17) is 9.47 Å². The summed E-state index contributed by atoms with van der Waals surface area (Å²) in [6.45, 7) is 5.23. The Kier molecular flexibility index (Phi) is 6.27. The number of ether oxygens (including phenoxy) is 2. The quantitative estimate of drug-likeness (QED) is 0.856. The zero-order valence-electron chi connectivity index (χ0n) is 15.1. The van der Waals surface area contributed by atoms with Crippen molar-refractivity contribution in [3.63, 3.8) is 0 Å². The highest BCUT2D eigenvalue weighted by atomic mass is 16.6. The van der Waals surface area contributed by atoms with E-state index in [2.05, 4.69) is 10.3 Å². The van der Waals surface area contributed by atoms with Crippen LogP contribution in [-0.4, -0.2) is 78.3 Å². The number of nitrogens with one attached hydrogen (secondary N) is 1. The van der Waals surface area contributed by atoms with Crippen molar-refractivity contribution in [2.75, 3.05) is 39.3 Å². The largest absolute Gasteiger partial charge is 0.490 e. The lowest BCUT2D eigenvalue weighted by atomic mass is 10.1. The van der Waals surface area contributed by atoms with E-state index in [0.29, 0.717) is 51.4 Å². The number of piperidine rings is 1. The number of hydrogen-bond donors (Lipinski definition) is 1. The number of hydrogen-bond acceptors (Lipinski definition) is 6. The molecule has 0 radical (unpaired) electrons. The molecular formula is C18H26N4O4. The van der Waals surface area contributed by atoms with E-state index in [1.807, 2.05) is 12.1 Å². The van der Waals surface area contributed by atoms with Crippen LogP contribution in [0.1, 0.15) is 19.8 Å². The molecule has 2 aliphatic heterocycles. The van der Waals surface area contributed by atoms with E-state index in [0.717, 1.165) is 6.54 Å². The lowest BCUT2D eigenvalue weighted by Crippen LogP contribution is -2.56. The summed E-state index contributed by atoms with van der Waals surface area (Å²) >= 11 is 0. The Labute approximate surface area is 153 Å². The predicted molar refractivity (Wildman–Crippen MR) is 94.9 cm³/mol. The van der Waals surface area contributed by atoms with Crippen LogP contribution in [0.15, 0.2) is 24.5 Å². The summed E-state index contributed by atoms with van der Waals surface area (Å²) in [6, 6.07) is 3.57. The number of carbonyl (C=O) groups excluding carboxylic acids is 2. The second kappa shape index (κ2) is 8.84. The Bertz CT molecular complexity index is 604. The maximum atomic E-state index is 12.6. The molecule has 0 aliphatic carbocycles. The van der Waals surface area contributed by atoms with Gasteiger partial charge in [-0.2, -0.15) is 0 Å². The normalized spacial score (nSPS) is 21.3. The number of likely N-dealkylation sites (tertiary alicyclic amines) is 1. The topological polar surface area (TPSA) is 84.0 Å². The van der Waals surface area contributed by atoms with Crippen LogP contribution in [0.3, 0.4) is 0 Å². The summed E-state index contributed by atoms with van der Waals surface area (Å²) in [5.41, 5.74) is 0. The first kappa shape index (κ1) is 18.4. The van der Waals surface area contributed by atoms with E-state index >= 15 is 0 Å². The third kappa shape index (κ3) is 4.85. The Morgan fingerprint density at radius 1 is 1.31 bits per heavy atom. The molecule has 26 heavy (non-hydrogen) atoms. The monoisotopic (exact) mass is 362 g/mol. The molecule has 2 amide bonds. The van der Waals surface area contributed by atoms with Crippen molar-refractivity contribution < 1.29 is 19.1 Å². The zero-order chi connectivity index (χ0) is 18.4. The molecule has 3 rings (SSSR count). The van der Waals surface area contributed by atoms with Crippen molar-refractivity contribution in [1.82, 2.24) is 20.1 Å². The summed E-state index contributed by atoms with van der Waals surface area (Å²) in [5.74, 6) is 0.757. The summed E-state index contributed by atoms with van der Waals surface area (Å²) < 4.78 is 11.5. The van der Waals surface area contributed by atoms with E-state index in [1.165, 1.54) is 0 Å². The third-order valence-electron chi connectivity index (χ3n) is 4.82. The number of pyridine rings is 1. The van der Waals surface area contributed by atoms with Crippen molar-refractivity contribution in [2.24, 2.45) is 0 Å². The van der Waals surface area contributed by atoms with Gasteiger partial charge in [-0.1, -0.05) is 0 Å². The Morgan fingerprint density at radius 2 is 2.12 bits per heavy atom. The van der Waals surface area contributed by atoms with Crippen molar-refractivity contribution >= 4 is 12.0 Å². The fourth-order valence-electron chi connectivity index (χ4n) is 3.27. The second-order valence-corrected chi connectivity index (χ2v) is 6.64. The summed E-state index contributed by atoms with van der Waals surface area (Å²) in [6.07, 6.45) is 4.29. The van der Waals surface area contributed by atoms with Crippen LogP contribution in [0.25, 0.3) is 0 Å². The maximum absolute atomic E-state index is 12.6. The highest BCUT2D eigenvalue weighted by Gasteiger charge is 2.31. The molecule has 8 heteroatoms. The Morgan fingerprint density at radius 3 is 2.81 bits per heavy atom. The maximum Gasteiger partial charge on any atom is 0.410 e. The summed E-state index contributed by atoms with van der Waals surface area (Å²) in [4.78, 5) is 31.6. The van der Waals surface area contributed by atoms with Gasteiger partial charge in [-0.3, -0.25) is 14.7 Å². The molecule has 142 valence electrons. The standard InChI is InChI=1S/C18H26N4O4/c1-14(23)21-8-4-16(5-9-21)26-18(24)22-10-7-20-11-15(22)13-25-17-3-2-6-19-12-17/h2-3,6,12,15-16,20H,4-5,7-11,13H2,1H3. The van der Waals surface area contributed by atoms with Crippen LogP contribution in [0.4, 0.5) is 4.79 Å². The van der Waals surface area contributed by atoms with Gasteiger partial charge in [-0.25, -0.2) is 4.79 Å².